The van der Waals surface area contributed by atoms with Gasteiger partial charge in [-0.15, -0.1) is 11.8 Å². The van der Waals surface area contributed by atoms with Crippen molar-refractivity contribution in [2.24, 2.45) is 0 Å². The minimum Gasteiger partial charge on any atom is -0.202 e. The highest BCUT2D eigenvalue weighted by Crippen LogP contribution is 2.23. The first-order valence-electron chi connectivity index (χ1n) is 7.50. The van der Waals surface area contributed by atoms with Crippen molar-refractivity contribution in [3.05, 3.63) is 30.3 Å². The third kappa shape index (κ3) is 5.29. The zero-order chi connectivity index (χ0) is 15.1. The predicted octanol–water partition coefficient (Wildman–Crippen LogP) is 2.88. The molecule has 1 aliphatic rings. The summed E-state index contributed by atoms with van der Waals surface area (Å²) in [5, 5.41) is 0. The van der Waals surface area contributed by atoms with E-state index >= 15 is 0 Å². The van der Waals surface area contributed by atoms with Gasteiger partial charge in [-0.25, -0.2) is 4.72 Å². The lowest BCUT2D eigenvalue weighted by Gasteiger charge is -2.23. The van der Waals surface area contributed by atoms with Gasteiger partial charge in [0.1, 0.15) is 0 Å². The topological polar surface area (TPSA) is 49.4 Å². The first-order valence-corrected chi connectivity index (χ1v) is 9.92. The Hall–Kier alpha value is -0.560. The van der Waals surface area contributed by atoms with Crippen LogP contribution in [0, 0.1) is 0 Å². The smallest absolute Gasteiger partial charge is 0.202 e. The molecule has 1 aliphatic carbocycles. The summed E-state index contributed by atoms with van der Waals surface area (Å²) in [6.07, 6.45) is 5.08. The zero-order valence-corrected chi connectivity index (χ0v) is 14.1. The van der Waals surface area contributed by atoms with E-state index in [0.717, 1.165) is 37.9 Å². The highest BCUT2D eigenvalue weighted by Gasteiger charge is 2.27. The summed E-state index contributed by atoms with van der Waals surface area (Å²) in [6, 6.07) is 10.4. The van der Waals surface area contributed by atoms with E-state index in [1.807, 2.05) is 18.2 Å². The minimum atomic E-state index is -3.31. The molecule has 0 unspecified atom stereocenters. The molecule has 0 saturated heterocycles. The fraction of sp³-hybridized carbons (Fsp3) is 0.600. The average molecular weight is 329 g/mol. The molecule has 2 rings (SSSR count). The summed E-state index contributed by atoms with van der Waals surface area (Å²) in [4.78, 5) is 1.23. The van der Waals surface area contributed by atoms with E-state index < -0.39 is 10.2 Å². The van der Waals surface area contributed by atoms with Crippen LogP contribution < -0.4 is 4.72 Å². The first-order chi connectivity index (χ1) is 10.1. The van der Waals surface area contributed by atoms with Crippen molar-refractivity contribution in [2.75, 3.05) is 19.3 Å². The Morgan fingerprint density at radius 2 is 1.90 bits per heavy atom. The Morgan fingerprint density at radius 3 is 2.57 bits per heavy atom. The molecule has 1 aromatic rings. The molecule has 4 nitrogen and oxygen atoms in total. The van der Waals surface area contributed by atoms with Gasteiger partial charge in [0.15, 0.2) is 0 Å². The van der Waals surface area contributed by atoms with Crippen LogP contribution in [-0.2, 0) is 10.2 Å². The van der Waals surface area contributed by atoms with Crippen LogP contribution in [0.2, 0.25) is 0 Å². The van der Waals surface area contributed by atoms with Crippen molar-refractivity contribution >= 4 is 22.0 Å². The van der Waals surface area contributed by atoms with E-state index in [4.69, 9.17) is 0 Å². The van der Waals surface area contributed by atoms with E-state index in [9.17, 15) is 8.42 Å². The predicted molar refractivity (Wildman–Crippen MR) is 88.7 cm³/mol. The lowest BCUT2D eigenvalue weighted by Crippen LogP contribution is -2.43. The monoisotopic (exact) mass is 328 g/mol. The van der Waals surface area contributed by atoms with E-state index in [1.165, 1.54) is 9.20 Å². The van der Waals surface area contributed by atoms with Gasteiger partial charge in [0, 0.05) is 24.5 Å². The maximum absolute atomic E-state index is 12.2. The van der Waals surface area contributed by atoms with Gasteiger partial charge in [-0.05, 0) is 37.1 Å². The molecule has 0 atom stereocenters. The Balaban J connectivity index is 1.67. The molecule has 0 radical (unpaired) electrons. The van der Waals surface area contributed by atoms with Crippen molar-refractivity contribution in [1.82, 2.24) is 9.03 Å². The van der Waals surface area contributed by atoms with Gasteiger partial charge in [-0.3, -0.25) is 0 Å². The molecule has 6 heteroatoms. The fourth-order valence-corrected chi connectivity index (χ4v) is 4.63. The molecular weight excluding hydrogens is 304 g/mol. The van der Waals surface area contributed by atoms with Crippen molar-refractivity contribution < 1.29 is 8.42 Å². The summed E-state index contributed by atoms with van der Waals surface area (Å²) in [6.45, 7) is 0.499. The molecule has 0 spiro atoms. The number of rotatable bonds is 8. The van der Waals surface area contributed by atoms with Crippen molar-refractivity contribution in [1.29, 1.82) is 0 Å². The summed E-state index contributed by atoms with van der Waals surface area (Å²) >= 11 is 1.76. The summed E-state index contributed by atoms with van der Waals surface area (Å²) in [7, 11) is -1.62. The second kappa shape index (κ2) is 8.17. The molecule has 0 amide bonds. The molecule has 0 bridgehead atoms. The molecule has 0 aliphatic heterocycles. The molecule has 0 heterocycles. The van der Waals surface area contributed by atoms with Gasteiger partial charge in [-0.1, -0.05) is 31.0 Å². The lowest BCUT2D eigenvalue weighted by molar-refractivity contribution is 0.367. The molecule has 1 fully saturated rings. The Bertz CT molecular complexity index is 514. The normalized spacial score (nSPS) is 16.7. The standard InChI is InChI=1S/C15H24N2O2S2/c1-17(14-8-5-6-9-14)21(18,19)16-12-7-13-20-15-10-3-2-4-11-15/h2-4,10-11,14,16H,5-9,12-13H2,1H3. The Morgan fingerprint density at radius 1 is 1.24 bits per heavy atom. The molecule has 1 saturated carbocycles. The SMILES string of the molecule is CN(C1CCCC1)S(=O)(=O)NCCCSc1ccccc1. The van der Waals surface area contributed by atoms with Crippen LogP contribution in [0.1, 0.15) is 32.1 Å². The van der Waals surface area contributed by atoms with Crippen LogP contribution in [0.3, 0.4) is 0 Å². The van der Waals surface area contributed by atoms with Gasteiger partial charge in [-0.2, -0.15) is 12.7 Å². The average Bonchev–Trinajstić information content (AvgIpc) is 3.01. The van der Waals surface area contributed by atoms with Crippen LogP contribution in [-0.4, -0.2) is 38.1 Å². The molecular formula is C15H24N2O2S2. The van der Waals surface area contributed by atoms with E-state index in [2.05, 4.69) is 16.9 Å². The zero-order valence-electron chi connectivity index (χ0n) is 12.5. The number of nitrogens with one attached hydrogen (secondary N) is 1. The van der Waals surface area contributed by atoms with Crippen LogP contribution in [0.15, 0.2) is 35.2 Å². The first kappa shape index (κ1) is 16.8. The number of nitrogens with zero attached hydrogens (tertiary/aromatic N) is 1. The Labute approximate surface area is 132 Å². The molecule has 0 aromatic heterocycles. The third-order valence-electron chi connectivity index (χ3n) is 3.84. The van der Waals surface area contributed by atoms with E-state index in [-0.39, 0.29) is 6.04 Å². The minimum absolute atomic E-state index is 0.182. The largest absolute Gasteiger partial charge is 0.279 e. The van der Waals surface area contributed by atoms with E-state index in [1.54, 1.807) is 18.8 Å². The molecule has 1 N–H and O–H groups in total. The second-order valence-electron chi connectivity index (χ2n) is 5.37. The van der Waals surface area contributed by atoms with Crippen LogP contribution in [0.4, 0.5) is 0 Å². The third-order valence-corrected chi connectivity index (χ3v) is 6.56. The molecule has 118 valence electrons. The van der Waals surface area contributed by atoms with Crippen molar-refractivity contribution in [3.8, 4) is 0 Å². The quantitative estimate of drug-likeness (QED) is 0.590. The molecule has 21 heavy (non-hydrogen) atoms. The number of thioether (sulfide) groups is 1. The highest BCUT2D eigenvalue weighted by molar-refractivity contribution is 7.99. The van der Waals surface area contributed by atoms with Crippen LogP contribution in [0.25, 0.3) is 0 Å². The Kier molecular flexibility index (Phi) is 6.54. The van der Waals surface area contributed by atoms with Gasteiger partial charge in [0.25, 0.3) is 10.2 Å². The summed E-state index contributed by atoms with van der Waals surface area (Å²) < 4.78 is 28.5. The van der Waals surface area contributed by atoms with Crippen molar-refractivity contribution in [3.63, 3.8) is 0 Å². The number of hydrogen-bond donors (Lipinski definition) is 1. The lowest BCUT2D eigenvalue weighted by atomic mass is 10.3. The summed E-state index contributed by atoms with van der Waals surface area (Å²) in [5.74, 6) is 0.916. The second-order valence-corrected chi connectivity index (χ2v) is 8.35. The van der Waals surface area contributed by atoms with Gasteiger partial charge < -0.3 is 0 Å². The number of benzene rings is 1. The summed E-state index contributed by atoms with van der Waals surface area (Å²) in [5.41, 5.74) is 0. The van der Waals surface area contributed by atoms with E-state index in [0.29, 0.717) is 6.54 Å². The maximum atomic E-state index is 12.2. The van der Waals surface area contributed by atoms with Crippen molar-refractivity contribution in [2.45, 2.75) is 43.0 Å². The molecule has 1 aromatic carbocycles. The number of hydrogen-bond acceptors (Lipinski definition) is 3. The van der Waals surface area contributed by atoms with Gasteiger partial charge in [0.2, 0.25) is 0 Å². The van der Waals surface area contributed by atoms with Gasteiger partial charge in [0.05, 0.1) is 0 Å². The maximum Gasteiger partial charge on any atom is 0.279 e. The van der Waals surface area contributed by atoms with Crippen LogP contribution >= 0.6 is 11.8 Å². The van der Waals surface area contributed by atoms with Gasteiger partial charge >= 0.3 is 0 Å². The fourth-order valence-electron chi connectivity index (χ4n) is 2.55. The highest BCUT2D eigenvalue weighted by atomic mass is 32.2. The van der Waals surface area contributed by atoms with Crippen LogP contribution in [0.5, 0.6) is 0 Å².